The topological polar surface area (TPSA) is 26.0 Å². The summed E-state index contributed by atoms with van der Waals surface area (Å²) < 4.78 is 1.30. The predicted molar refractivity (Wildman–Crippen MR) is 60.4 cm³/mol. The van der Waals surface area contributed by atoms with Crippen molar-refractivity contribution in [2.24, 2.45) is 0 Å². The van der Waals surface area contributed by atoms with E-state index in [1.165, 1.54) is 21.2 Å². The lowest BCUT2D eigenvalue weighted by Gasteiger charge is -2.02. The first-order valence-corrected chi connectivity index (χ1v) is 5.36. The molecule has 0 aliphatic rings. The molecule has 1 aromatic heterocycles. The van der Waals surface area contributed by atoms with E-state index >= 15 is 0 Å². The molecule has 13 heavy (non-hydrogen) atoms. The maximum Gasteiger partial charge on any atom is 0.0502 e. The van der Waals surface area contributed by atoms with Crippen molar-refractivity contribution in [1.29, 1.82) is 0 Å². The molecule has 0 spiro atoms. The summed E-state index contributed by atoms with van der Waals surface area (Å²) in [6.45, 7) is 4.34. The first-order chi connectivity index (χ1) is 6.22. The van der Waals surface area contributed by atoms with Gasteiger partial charge in [-0.1, -0.05) is 6.92 Å². The fourth-order valence-electron chi connectivity index (χ4n) is 1.62. The van der Waals surface area contributed by atoms with E-state index in [4.69, 9.17) is 5.73 Å². The Bertz CT molecular complexity index is 443. The van der Waals surface area contributed by atoms with Gasteiger partial charge < -0.3 is 5.73 Å². The van der Waals surface area contributed by atoms with Crippen LogP contribution in [0, 0.1) is 6.92 Å². The van der Waals surface area contributed by atoms with E-state index in [1.54, 1.807) is 11.3 Å². The van der Waals surface area contributed by atoms with Crippen LogP contribution >= 0.6 is 11.3 Å². The predicted octanol–water partition coefficient (Wildman–Crippen LogP) is 3.35. The molecule has 1 aromatic carbocycles. The molecule has 0 amide bonds. The van der Waals surface area contributed by atoms with Crippen LogP contribution in [0.1, 0.15) is 18.1 Å². The maximum absolute atomic E-state index is 5.86. The zero-order valence-corrected chi connectivity index (χ0v) is 8.74. The van der Waals surface area contributed by atoms with E-state index < -0.39 is 0 Å². The Hall–Kier alpha value is -1.02. The van der Waals surface area contributed by atoms with Gasteiger partial charge in [0.1, 0.15) is 0 Å². The van der Waals surface area contributed by atoms with Crippen molar-refractivity contribution in [3.63, 3.8) is 0 Å². The molecule has 2 N–H and O–H groups in total. The fraction of sp³-hybridized carbons (Fsp3) is 0.273. The normalized spacial score (nSPS) is 10.9. The van der Waals surface area contributed by atoms with E-state index in [1.807, 2.05) is 5.38 Å². The SMILES string of the molecule is CCc1cc2c(N)csc2cc1C. The lowest BCUT2D eigenvalue weighted by atomic mass is 10.0. The molecular weight excluding hydrogens is 178 g/mol. The summed E-state index contributed by atoms with van der Waals surface area (Å²) in [7, 11) is 0. The smallest absolute Gasteiger partial charge is 0.0502 e. The molecule has 0 aliphatic carbocycles. The molecule has 1 heterocycles. The van der Waals surface area contributed by atoms with Crippen LogP contribution in [-0.4, -0.2) is 0 Å². The summed E-state index contributed by atoms with van der Waals surface area (Å²) in [5, 5.41) is 3.23. The van der Waals surface area contributed by atoms with Gasteiger partial charge in [0.25, 0.3) is 0 Å². The molecule has 2 aromatic rings. The highest BCUT2D eigenvalue weighted by molar-refractivity contribution is 7.17. The average Bonchev–Trinajstić information content (AvgIpc) is 2.46. The van der Waals surface area contributed by atoms with Crippen LogP contribution in [0.15, 0.2) is 17.5 Å². The second-order valence-corrected chi connectivity index (χ2v) is 4.23. The Kier molecular flexibility index (Phi) is 2.00. The van der Waals surface area contributed by atoms with Crippen molar-refractivity contribution in [3.8, 4) is 0 Å². The van der Waals surface area contributed by atoms with Crippen molar-refractivity contribution in [2.75, 3.05) is 5.73 Å². The van der Waals surface area contributed by atoms with Gasteiger partial charge in [0, 0.05) is 15.5 Å². The highest BCUT2D eigenvalue weighted by atomic mass is 32.1. The summed E-state index contributed by atoms with van der Waals surface area (Å²) in [5.41, 5.74) is 9.54. The third kappa shape index (κ3) is 1.31. The van der Waals surface area contributed by atoms with E-state index in [-0.39, 0.29) is 0 Å². The van der Waals surface area contributed by atoms with Gasteiger partial charge in [-0.25, -0.2) is 0 Å². The summed E-state index contributed by atoms with van der Waals surface area (Å²) >= 11 is 1.72. The Balaban J connectivity index is 2.77. The lowest BCUT2D eigenvalue weighted by molar-refractivity contribution is 1.12. The molecule has 0 atom stereocenters. The van der Waals surface area contributed by atoms with Crippen LogP contribution in [0.3, 0.4) is 0 Å². The van der Waals surface area contributed by atoms with E-state index in [0.717, 1.165) is 12.1 Å². The van der Waals surface area contributed by atoms with Gasteiger partial charge in [-0.2, -0.15) is 0 Å². The van der Waals surface area contributed by atoms with Gasteiger partial charge >= 0.3 is 0 Å². The number of aryl methyl sites for hydroxylation is 2. The van der Waals surface area contributed by atoms with Crippen molar-refractivity contribution in [1.82, 2.24) is 0 Å². The summed E-state index contributed by atoms with van der Waals surface area (Å²) in [6.07, 6.45) is 1.08. The second kappa shape index (κ2) is 3.04. The van der Waals surface area contributed by atoms with Crippen molar-refractivity contribution in [2.45, 2.75) is 20.3 Å². The Morgan fingerprint density at radius 2 is 2.15 bits per heavy atom. The molecule has 0 radical (unpaired) electrons. The van der Waals surface area contributed by atoms with Crippen molar-refractivity contribution in [3.05, 3.63) is 28.6 Å². The number of fused-ring (bicyclic) bond motifs is 1. The molecule has 0 saturated carbocycles. The van der Waals surface area contributed by atoms with Gasteiger partial charge in [-0.15, -0.1) is 11.3 Å². The molecular formula is C11H13NS. The highest BCUT2D eigenvalue weighted by Crippen LogP contribution is 2.30. The average molecular weight is 191 g/mol. The zero-order valence-electron chi connectivity index (χ0n) is 7.92. The minimum Gasteiger partial charge on any atom is -0.398 e. The fourth-order valence-corrected chi connectivity index (χ4v) is 2.55. The number of thiophene rings is 1. The Labute approximate surface area is 82.2 Å². The molecule has 0 saturated heterocycles. The van der Waals surface area contributed by atoms with E-state index in [0.29, 0.717) is 0 Å². The first-order valence-electron chi connectivity index (χ1n) is 4.48. The molecule has 0 unspecified atom stereocenters. The molecule has 1 nitrogen and oxygen atoms in total. The summed E-state index contributed by atoms with van der Waals surface area (Å²) in [5.74, 6) is 0. The number of hydrogen-bond donors (Lipinski definition) is 1. The van der Waals surface area contributed by atoms with Gasteiger partial charge in [-0.3, -0.25) is 0 Å². The molecule has 0 fully saturated rings. The van der Waals surface area contributed by atoms with Gasteiger partial charge in [0.2, 0.25) is 0 Å². The quantitative estimate of drug-likeness (QED) is 0.735. The van der Waals surface area contributed by atoms with Crippen molar-refractivity contribution >= 4 is 27.1 Å². The molecule has 0 aliphatic heterocycles. The standard InChI is InChI=1S/C11H13NS/c1-3-8-5-9-10(12)6-13-11(9)4-7(8)2/h4-6H,3,12H2,1-2H3. The first kappa shape index (κ1) is 8.57. The molecule has 2 heteroatoms. The monoisotopic (exact) mass is 191 g/mol. The van der Waals surface area contributed by atoms with Crippen LogP contribution in [0.5, 0.6) is 0 Å². The van der Waals surface area contributed by atoms with Crippen molar-refractivity contribution < 1.29 is 0 Å². The summed E-state index contributed by atoms with van der Waals surface area (Å²) in [4.78, 5) is 0. The van der Waals surface area contributed by atoms with Crippen LogP contribution in [0.4, 0.5) is 5.69 Å². The van der Waals surface area contributed by atoms with Gasteiger partial charge in [0.15, 0.2) is 0 Å². The molecule has 0 bridgehead atoms. The maximum atomic E-state index is 5.86. The number of nitrogen functional groups attached to an aromatic ring is 1. The van der Waals surface area contributed by atoms with E-state index in [2.05, 4.69) is 26.0 Å². The summed E-state index contributed by atoms with van der Waals surface area (Å²) in [6, 6.07) is 4.45. The van der Waals surface area contributed by atoms with Crippen LogP contribution in [-0.2, 0) is 6.42 Å². The largest absolute Gasteiger partial charge is 0.398 e. The van der Waals surface area contributed by atoms with Crippen LogP contribution < -0.4 is 5.73 Å². The molecule has 68 valence electrons. The number of benzene rings is 1. The number of rotatable bonds is 1. The Morgan fingerprint density at radius 1 is 1.38 bits per heavy atom. The van der Waals surface area contributed by atoms with Crippen LogP contribution in [0.25, 0.3) is 10.1 Å². The third-order valence-electron chi connectivity index (χ3n) is 2.44. The minimum atomic E-state index is 0.912. The zero-order chi connectivity index (χ0) is 9.42. The lowest BCUT2D eigenvalue weighted by Crippen LogP contribution is -1.87. The Morgan fingerprint density at radius 3 is 2.85 bits per heavy atom. The van der Waals surface area contributed by atoms with Crippen LogP contribution in [0.2, 0.25) is 0 Å². The second-order valence-electron chi connectivity index (χ2n) is 3.32. The van der Waals surface area contributed by atoms with E-state index in [9.17, 15) is 0 Å². The molecule has 2 rings (SSSR count). The van der Waals surface area contributed by atoms with Gasteiger partial charge in [0.05, 0.1) is 5.69 Å². The third-order valence-corrected chi connectivity index (χ3v) is 3.41. The highest BCUT2D eigenvalue weighted by Gasteiger charge is 2.03. The minimum absolute atomic E-state index is 0.912. The number of anilines is 1. The number of nitrogens with two attached hydrogens (primary N) is 1. The van der Waals surface area contributed by atoms with Gasteiger partial charge in [-0.05, 0) is 36.6 Å². The number of hydrogen-bond acceptors (Lipinski definition) is 2.